The normalized spacial score (nSPS) is 12.0. The summed E-state index contributed by atoms with van der Waals surface area (Å²) in [4.78, 5) is 5.86. The van der Waals surface area contributed by atoms with Gasteiger partial charge >= 0.3 is 0 Å². The van der Waals surface area contributed by atoms with Crippen LogP contribution in [-0.2, 0) is 16.4 Å². The van der Waals surface area contributed by atoms with Crippen molar-refractivity contribution in [3.05, 3.63) is 34.0 Å². The van der Waals surface area contributed by atoms with Crippen molar-refractivity contribution >= 4 is 49.0 Å². The lowest BCUT2D eigenvalue weighted by molar-refractivity contribution is 0.400. The number of aromatic nitrogens is 2. The van der Waals surface area contributed by atoms with Crippen molar-refractivity contribution in [1.82, 2.24) is 10.1 Å². The fourth-order valence-corrected chi connectivity index (χ4v) is 5.15. The number of aryl methyl sites for hydroxylation is 2. The van der Waals surface area contributed by atoms with Gasteiger partial charge in [0.1, 0.15) is 14.7 Å². The molecule has 0 bridgehead atoms. The van der Waals surface area contributed by atoms with E-state index in [2.05, 4.69) is 14.9 Å². The third kappa shape index (κ3) is 2.47. The Balaban J connectivity index is 2.15. The highest BCUT2D eigenvalue weighted by molar-refractivity contribution is 7.93. The molecule has 1 N–H and O–H groups in total. The first-order valence-electron chi connectivity index (χ1n) is 6.45. The topological polar surface area (TPSA) is 85.1 Å². The zero-order valence-corrected chi connectivity index (χ0v) is 14.1. The Morgan fingerprint density at radius 3 is 2.86 bits per heavy atom. The lowest BCUT2D eigenvalue weighted by Crippen LogP contribution is -2.14. The van der Waals surface area contributed by atoms with Gasteiger partial charge in [0.05, 0.1) is 0 Å². The first kappa shape index (κ1) is 15.3. The van der Waals surface area contributed by atoms with Crippen molar-refractivity contribution in [3.8, 4) is 0 Å². The van der Waals surface area contributed by atoms with Gasteiger partial charge in [0.2, 0.25) is 5.82 Å². The summed E-state index contributed by atoms with van der Waals surface area (Å²) in [7, 11) is -3.84. The molecule has 3 rings (SSSR count). The highest BCUT2D eigenvalue weighted by atomic mass is 35.5. The van der Waals surface area contributed by atoms with Crippen LogP contribution in [0.2, 0.25) is 5.02 Å². The van der Waals surface area contributed by atoms with E-state index in [1.54, 1.807) is 25.3 Å². The van der Waals surface area contributed by atoms with Gasteiger partial charge in [0.25, 0.3) is 10.0 Å². The first-order valence-corrected chi connectivity index (χ1v) is 9.12. The number of halogens is 1. The fraction of sp³-hybridized carbons (Fsp3) is 0.231. The number of fused-ring (bicyclic) bond motifs is 1. The van der Waals surface area contributed by atoms with Gasteiger partial charge in [0.15, 0.2) is 5.76 Å². The maximum Gasteiger partial charge on any atom is 0.264 e. The van der Waals surface area contributed by atoms with Crippen LogP contribution < -0.4 is 4.72 Å². The summed E-state index contributed by atoms with van der Waals surface area (Å²) in [5.41, 5.74) is 0. The van der Waals surface area contributed by atoms with Gasteiger partial charge in [0, 0.05) is 16.5 Å². The van der Waals surface area contributed by atoms with Crippen LogP contribution in [0.15, 0.2) is 27.7 Å². The highest BCUT2D eigenvalue weighted by Crippen LogP contribution is 2.35. The second-order valence-corrected chi connectivity index (χ2v) is 7.65. The van der Waals surface area contributed by atoms with E-state index in [4.69, 9.17) is 16.1 Å². The second kappa shape index (κ2) is 5.53. The Bertz CT molecular complexity index is 947. The molecule has 0 radical (unpaired) electrons. The van der Waals surface area contributed by atoms with Gasteiger partial charge in [-0.15, -0.1) is 11.3 Å². The summed E-state index contributed by atoms with van der Waals surface area (Å²) in [5, 5.41) is 4.38. The van der Waals surface area contributed by atoms with Crippen molar-refractivity contribution in [2.24, 2.45) is 0 Å². The van der Waals surface area contributed by atoms with Crippen LogP contribution in [0.5, 0.6) is 0 Å². The lowest BCUT2D eigenvalue weighted by atomic mass is 10.3. The number of pyridine rings is 1. The Hall–Kier alpha value is -1.64. The predicted octanol–water partition coefficient (Wildman–Crippen LogP) is 3.61. The molecule has 0 saturated carbocycles. The number of nitrogens with zero attached hydrogens (tertiary/aromatic N) is 2. The van der Waals surface area contributed by atoms with E-state index >= 15 is 0 Å². The number of thiophene rings is 1. The molecule has 3 heterocycles. The van der Waals surface area contributed by atoms with Crippen LogP contribution in [0.4, 0.5) is 5.82 Å². The van der Waals surface area contributed by atoms with E-state index in [1.165, 1.54) is 11.3 Å². The standard InChI is InChI=1S/C13H12ClN3O3S2/c1-3-9-11(8-5-4-6-15-13(8)21-9)22(18,19)17-12-10(14)7(2)20-16-12/h4-6H,3H2,1-2H3,(H,16,17). The number of hydrogen-bond acceptors (Lipinski definition) is 6. The van der Waals surface area contributed by atoms with Crippen molar-refractivity contribution < 1.29 is 12.9 Å². The van der Waals surface area contributed by atoms with Gasteiger partial charge < -0.3 is 4.52 Å². The minimum Gasteiger partial charge on any atom is -0.358 e. The summed E-state index contributed by atoms with van der Waals surface area (Å²) in [6, 6.07) is 3.45. The number of sulfonamides is 1. The molecular weight excluding hydrogens is 346 g/mol. The molecule has 0 aliphatic carbocycles. The molecule has 116 valence electrons. The molecule has 0 aliphatic heterocycles. The zero-order chi connectivity index (χ0) is 15.9. The Morgan fingerprint density at radius 2 is 2.23 bits per heavy atom. The van der Waals surface area contributed by atoms with Gasteiger partial charge in [-0.1, -0.05) is 23.7 Å². The molecule has 22 heavy (non-hydrogen) atoms. The molecule has 0 amide bonds. The number of rotatable bonds is 4. The van der Waals surface area contributed by atoms with E-state index in [-0.39, 0.29) is 15.7 Å². The number of anilines is 1. The lowest BCUT2D eigenvalue weighted by Gasteiger charge is -2.06. The second-order valence-electron chi connectivity index (χ2n) is 4.57. The van der Waals surface area contributed by atoms with E-state index in [9.17, 15) is 8.42 Å². The van der Waals surface area contributed by atoms with E-state index in [1.807, 2.05) is 6.92 Å². The largest absolute Gasteiger partial charge is 0.358 e. The molecule has 0 fully saturated rings. The van der Waals surface area contributed by atoms with Gasteiger partial charge in [-0.25, -0.2) is 13.4 Å². The van der Waals surface area contributed by atoms with Crippen molar-refractivity contribution in [1.29, 1.82) is 0 Å². The third-order valence-corrected chi connectivity index (χ3v) is 6.40. The molecule has 0 unspecified atom stereocenters. The summed E-state index contributed by atoms with van der Waals surface area (Å²) in [5.74, 6) is 0.344. The van der Waals surface area contributed by atoms with Crippen LogP contribution in [0.1, 0.15) is 17.6 Å². The number of nitrogens with one attached hydrogen (secondary N) is 1. The Morgan fingerprint density at radius 1 is 1.45 bits per heavy atom. The van der Waals surface area contributed by atoms with Crippen molar-refractivity contribution in [2.75, 3.05) is 4.72 Å². The van der Waals surface area contributed by atoms with Crippen LogP contribution in [0, 0.1) is 6.92 Å². The first-order chi connectivity index (χ1) is 10.4. The summed E-state index contributed by atoms with van der Waals surface area (Å²) in [6.07, 6.45) is 2.23. The van der Waals surface area contributed by atoms with E-state index in [0.717, 1.165) is 4.88 Å². The fourth-order valence-electron chi connectivity index (χ4n) is 2.09. The van der Waals surface area contributed by atoms with Gasteiger partial charge in [-0.2, -0.15) is 0 Å². The van der Waals surface area contributed by atoms with Gasteiger partial charge in [-0.3, -0.25) is 4.72 Å². The van der Waals surface area contributed by atoms with E-state index in [0.29, 0.717) is 22.4 Å². The van der Waals surface area contributed by atoms with Crippen LogP contribution >= 0.6 is 22.9 Å². The molecule has 6 nitrogen and oxygen atoms in total. The molecule has 0 atom stereocenters. The predicted molar refractivity (Wildman–Crippen MR) is 86.1 cm³/mol. The van der Waals surface area contributed by atoms with Crippen molar-refractivity contribution in [3.63, 3.8) is 0 Å². The zero-order valence-electron chi connectivity index (χ0n) is 11.8. The molecule has 0 saturated heterocycles. The smallest absolute Gasteiger partial charge is 0.264 e. The average molecular weight is 358 g/mol. The average Bonchev–Trinajstić information content (AvgIpc) is 3.02. The molecule has 0 aromatic carbocycles. The SMILES string of the molecule is CCc1sc2ncccc2c1S(=O)(=O)Nc1noc(C)c1Cl. The molecule has 0 spiro atoms. The van der Waals surface area contributed by atoms with Crippen LogP contribution in [-0.4, -0.2) is 18.6 Å². The van der Waals surface area contributed by atoms with E-state index < -0.39 is 10.0 Å². The molecule has 3 aromatic rings. The Labute approximate surface area is 136 Å². The maximum absolute atomic E-state index is 12.7. The molecule has 9 heteroatoms. The summed E-state index contributed by atoms with van der Waals surface area (Å²) in [6.45, 7) is 3.51. The van der Waals surface area contributed by atoms with Crippen molar-refractivity contribution in [2.45, 2.75) is 25.2 Å². The van der Waals surface area contributed by atoms with Crippen LogP contribution in [0.3, 0.4) is 0 Å². The molecule has 3 aromatic heterocycles. The Kier molecular flexibility index (Phi) is 3.84. The third-order valence-electron chi connectivity index (χ3n) is 3.10. The summed E-state index contributed by atoms with van der Waals surface area (Å²) < 4.78 is 32.8. The van der Waals surface area contributed by atoms with Gasteiger partial charge in [-0.05, 0) is 25.5 Å². The summed E-state index contributed by atoms with van der Waals surface area (Å²) >= 11 is 7.34. The maximum atomic E-state index is 12.7. The molecule has 0 aliphatic rings. The minimum absolute atomic E-state index is 0.00976. The number of hydrogen-bond donors (Lipinski definition) is 1. The molecular formula is C13H12ClN3O3S2. The highest BCUT2D eigenvalue weighted by Gasteiger charge is 2.26. The minimum atomic E-state index is -3.84. The monoisotopic (exact) mass is 357 g/mol. The quantitative estimate of drug-likeness (QED) is 0.770. The van der Waals surface area contributed by atoms with Crippen LogP contribution in [0.25, 0.3) is 10.2 Å².